The minimum atomic E-state index is 0.870. The van der Waals surface area contributed by atoms with Gasteiger partial charge in [0.1, 0.15) is 0 Å². The number of hydrogen-bond donors (Lipinski definition) is 0. The lowest BCUT2D eigenvalue weighted by Crippen LogP contribution is -1.87. The van der Waals surface area contributed by atoms with Gasteiger partial charge in [-0.3, -0.25) is 0 Å². The molecule has 1 rings (SSSR count). The molecule has 0 aromatic heterocycles. The molecule has 0 spiro atoms. The van der Waals surface area contributed by atoms with Crippen molar-refractivity contribution in [3.05, 3.63) is 34.3 Å². The van der Waals surface area contributed by atoms with E-state index < -0.39 is 0 Å². The van der Waals surface area contributed by atoms with Gasteiger partial charge in [0, 0.05) is 10.4 Å². The molecule has 2 heteroatoms. The van der Waals surface area contributed by atoms with E-state index in [1.165, 1.54) is 11.1 Å². The van der Waals surface area contributed by atoms with E-state index in [1.54, 1.807) is 0 Å². The Hall–Kier alpha value is -0.0100. The summed E-state index contributed by atoms with van der Waals surface area (Å²) in [5, 5.41) is 1.84. The normalized spacial score (nSPS) is 10.1. The summed E-state index contributed by atoms with van der Waals surface area (Å²) in [4.78, 5) is 0. The Bertz CT molecular complexity index is 245. The predicted octanol–water partition coefficient (Wildman–Crippen LogP) is 3.59. The third kappa shape index (κ3) is 2.49. The molecule has 0 fully saturated rings. The second-order valence-electron chi connectivity index (χ2n) is 2.53. The van der Waals surface area contributed by atoms with Crippen LogP contribution >= 0.6 is 27.5 Å². The first-order valence-corrected chi connectivity index (χ1v) is 5.05. The Labute approximate surface area is 80.7 Å². The van der Waals surface area contributed by atoms with E-state index in [-0.39, 0.29) is 0 Å². The molecule has 0 heterocycles. The van der Waals surface area contributed by atoms with E-state index in [2.05, 4.69) is 28.9 Å². The molecule has 1 aromatic rings. The molecule has 0 aliphatic heterocycles. The third-order valence-electron chi connectivity index (χ3n) is 1.57. The standard InChI is InChI=1S/C9H10BrCl/c1-7-2-3-9(11)8(6-7)4-5-10/h2-3,6H,4-5H2,1H3. The summed E-state index contributed by atoms with van der Waals surface area (Å²) in [6.07, 6.45) is 1.00. The Morgan fingerprint density at radius 2 is 2.18 bits per heavy atom. The Morgan fingerprint density at radius 3 is 2.82 bits per heavy atom. The number of benzene rings is 1. The van der Waals surface area contributed by atoms with Gasteiger partial charge in [-0.1, -0.05) is 45.2 Å². The maximum Gasteiger partial charge on any atom is 0.0438 e. The van der Waals surface area contributed by atoms with E-state index in [9.17, 15) is 0 Å². The second-order valence-corrected chi connectivity index (χ2v) is 3.73. The predicted molar refractivity (Wildman–Crippen MR) is 53.7 cm³/mol. The highest BCUT2D eigenvalue weighted by Crippen LogP contribution is 2.18. The van der Waals surface area contributed by atoms with Crippen LogP contribution in [0.15, 0.2) is 18.2 Å². The van der Waals surface area contributed by atoms with Crippen molar-refractivity contribution in [2.75, 3.05) is 5.33 Å². The fourth-order valence-electron chi connectivity index (χ4n) is 0.997. The maximum atomic E-state index is 5.95. The molecule has 1 aromatic carbocycles. The highest BCUT2D eigenvalue weighted by molar-refractivity contribution is 9.09. The molecular weight excluding hydrogens is 223 g/mol. The minimum Gasteiger partial charge on any atom is -0.0924 e. The van der Waals surface area contributed by atoms with Gasteiger partial charge in [-0.25, -0.2) is 0 Å². The van der Waals surface area contributed by atoms with Crippen LogP contribution < -0.4 is 0 Å². The summed E-state index contributed by atoms with van der Waals surface area (Å²) >= 11 is 9.34. The molecule has 0 N–H and O–H groups in total. The van der Waals surface area contributed by atoms with E-state index in [4.69, 9.17) is 11.6 Å². The molecule has 11 heavy (non-hydrogen) atoms. The van der Waals surface area contributed by atoms with Crippen molar-refractivity contribution in [3.63, 3.8) is 0 Å². The van der Waals surface area contributed by atoms with Crippen molar-refractivity contribution in [2.45, 2.75) is 13.3 Å². The van der Waals surface area contributed by atoms with Gasteiger partial charge in [0.2, 0.25) is 0 Å². The summed E-state index contributed by atoms with van der Waals surface area (Å²) in [7, 11) is 0. The lowest BCUT2D eigenvalue weighted by molar-refractivity contribution is 1.16. The number of alkyl halides is 1. The van der Waals surface area contributed by atoms with Crippen molar-refractivity contribution in [1.82, 2.24) is 0 Å². The number of hydrogen-bond acceptors (Lipinski definition) is 0. The van der Waals surface area contributed by atoms with Gasteiger partial charge >= 0.3 is 0 Å². The van der Waals surface area contributed by atoms with Gasteiger partial charge in [0.05, 0.1) is 0 Å². The summed E-state index contributed by atoms with van der Waals surface area (Å²) < 4.78 is 0. The summed E-state index contributed by atoms with van der Waals surface area (Å²) in [6, 6.07) is 6.11. The van der Waals surface area contributed by atoms with E-state index in [0.717, 1.165) is 16.8 Å². The van der Waals surface area contributed by atoms with E-state index in [1.807, 2.05) is 12.1 Å². The molecule has 0 aliphatic carbocycles. The van der Waals surface area contributed by atoms with Gasteiger partial charge in [0.25, 0.3) is 0 Å². The van der Waals surface area contributed by atoms with Gasteiger partial charge in [-0.15, -0.1) is 0 Å². The van der Waals surface area contributed by atoms with Gasteiger partial charge in [-0.2, -0.15) is 0 Å². The van der Waals surface area contributed by atoms with Crippen molar-refractivity contribution in [1.29, 1.82) is 0 Å². The summed E-state index contributed by atoms with van der Waals surface area (Å²) in [5.41, 5.74) is 2.49. The molecule has 0 amide bonds. The zero-order chi connectivity index (χ0) is 8.27. The van der Waals surface area contributed by atoms with Crippen molar-refractivity contribution in [2.24, 2.45) is 0 Å². The van der Waals surface area contributed by atoms with Crippen LogP contribution in [-0.4, -0.2) is 5.33 Å². The van der Waals surface area contributed by atoms with Crippen LogP contribution in [0.25, 0.3) is 0 Å². The van der Waals surface area contributed by atoms with Gasteiger partial charge in [0.15, 0.2) is 0 Å². The summed E-state index contributed by atoms with van der Waals surface area (Å²) in [6.45, 7) is 2.08. The zero-order valence-electron chi connectivity index (χ0n) is 6.40. The molecule has 0 saturated carbocycles. The molecule has 0 radical (unpaired) electrons. The molecule has 0 atom stereocenters. The van der Waals surface area contributed by atoms with Crippen LogP contribution in [0.1, 0.15) is 11.1 Å². The molecular formula is C9H10BrCl. The van der Waals surface area contributed by atoms with Crippen molar-refractivity contribution in [3.8, 4) is 0 Å². The molecule has 0 bridgehead atoms. The Kier molecular flexibility index (Phi) is 3.41. The number of halogens is 2. The smallest absolute Gasteiger partial charge is 0.0438 e. The molecule has 60 valence electrons. The quantitative estimate of drug-likeness (QED) is 0.685. The molecule has 0 aliphatic rings. The third-order valence-corrected chi connectivity index (χ3v) is 2.33. The average molecular weight is 234 g/mol. The fourth-order valence-corrected chi connectivity index (χ4v) is 1.64. The van der Waals surface area contributed by atoms with Crippen molar-refractivity contribution >= 4 is 27.5 Å². The number of rotatable bonds is 2. The number of aryl methyl sites for hydroxylation is 2. The van der Waals surface area contributed by atoms with E-state index in [0.29, 0.717) is 0 Å². The molecule has 0 saturated heterocycles. The summed E-state index contributed by atoms with van der Waals surface area (Å²) in [5.74, 6) is 0. The fraction of sp³-hybridized carbons (Fsp3) is 0.333. The first-order chi connectivity index (χ1) is 5.24. The van der Waals surface area contributed by atoms with Crippen LogP contribution in [0.2, 0.25) is 5.02 Å². The topological polar surface area (TPSA) is 0 Å². The Morgan fingerprint density at radius 1 is 1.45 bits per heavy atom. The first-order valence-electron chi connectivity index (χ1n) is 3.55. The highest BCUT2D eigenvalue weighted by Gasteiger charge is 1.98. The SMILES string of the molecule is Cc1ccc(Cl)c(CCBr)c1. The zero-order valence-corrected chi connectivity index (χ0v) is 8.74. The average Bonchev–Trinajstić information content (AvgIpc) is 1.98. The van der Waals surface area contributed by atoms with Gasteiger partial charge in [-0.05, 0) is 25.0 Å². The molecule has 0 unspecified atom stereocenters. The largest absolute Gasteiger partial charge is 0.0924 e. The maximum absolute atomic E-state index is 5.95. The van der Waals surface area contributed by atoms with Crippen molar-refractivity contribution < 1.29 is 0 Å². The first kappa shape index (κ1) is 9.08. The highest BCUT2D eigenvalue weighted by atomic mass is 79.9. The van der Waals surface area contributed by atoms with Crippen LogP contribution in [0.5, 0.6) is 0 Å². The van der Waals surface area contributed by atoms with E-state index >= 15 is 0 Å². The van der Waals surface area contributed by atoms with Gasteiger partial charge < -0.3 is 0 Å². The second kappa shape index (κ2) is 4.13. The Balaban J connectivity index is 2.93. The minimum absolute atomic E-state index is 0.870. The van der Waals surface area contributed by atoms with Crippen LogP contribution in [0, 0.1) is 6.92 Å². The lowest BCUT2D eigenvalue weighted by Gasteiger charge is -2.02. The lowest BCUT2D eigenvalue weighted by atomic mass is 10.1. The van der Waals surface area contributed by atoms with Crippen LogP contribution in [0.3, 0.4) is 0 Å². The molecule has 0 nitrogen and oxygen atoms in total. The van der Waals surface area contributed by atoms with Crippen LogP contribution in [-0.2, 0) is 6.42 Å². The monoisotopic (exact) mass is 232 g/mol. The van der Waals surface area contributed by atoms with Crippen LogP contribution in [0.4, 0.5) is 0 Å².